The summed E-state index contributed by atoms with van der Waals surface area (Å²) in [5.74, 6) is 0.514. The molecule has 0 bridgehead atoms. The first kappa shape index (κ1) is 21.6. The molecule has 0 N–H and O–H groups in total. The second kappa shape index (κ2) is 9.63. The molecule has 1 aliphatic heterocycles. The highest BCUT2D eigenvalue weighted by Gasteiger charge is 2.32. The van der Waals surface area contributed by atoms with Crippen molar-refractivity contribution in [3.8, 4) is 5.75 Å². The van der Waals surface area contributed by atoms with Crippen LogP contribution in [0.3, 0.4) is 0 Å². The van der Waals surface area contributed by atoms with Crippen LogP contribution < -0.4 is 4.74 Å². The fourth-order valence-corrected chi connectivity index (χ4v) is 3.65. The average Bonchev–Trinajstić information content (AvgIpc) is 2.67. The van der Waals surface area contributed by atoms with E-state index in [4.69, 9.17) is 4.74 Å². The van der Waals surface area contributed by atoms with Crippen molar-refractivity contribution < 1.29 is 22.7 Å². The Labute approximate surface area is 176 Å². The first-order chi connectivity index (χ1) is 13.8. The molecule has 0 aliphatic carbocycles. The lowest BCUT2D eigenvalue weighted by Gasteiger charge is -2.35. The summed E-state index contributed by atoms with van der Waals surface area (Å²) >= 11 is 3.42. The Morgan fingerprint density at radius 1 is 1.03 bits per heavy atom. The molecule has 1 aliphatic rings. The van der Waals surface area contributed by atoms with E-state index in [1.807, 2.05) is 48.5 Å². The molecule has 1 fully saturated rings. The maximum Gasteiger partial charge on any atom is 0.401 e. The largest absolute Gasteiger partial charge is 0.489 e. The second-order valence-electron chi connectivity index (χ2n) is 6.98. The van der Waals surface area contributed by atoms with Gasteiger partial charge in [-0.05, 0) is 23.8 Å². The average molecular weight is 471 g/mol. The van der Waals surface area contributed by atoms with Gasteiger partial charge in [-0.15, -0.1) is 0 Å². The lowest BCUT2D eigenvalue weighted by atomic mass is 10.1. The van der Waals surface area contributed by atoms with Crippen molar-refractivity contribution >= 4 is 21.8 Å². The van der Waals surface area contributed by atoms with Crippen LogP contribution in [0.5, 0.6) is 5.75 Å². The van der Waals surface area contributed by atoms with E-state index in [1.165, 1.54) is 4.90 Å². The summed E-state index contributed by atoms with van der Waals surface area (Å²) < 4.78 is 44.3. The Hall–Kier alpha value is -2.06. The van der Waals surface area contributed by atoms with Gasteiger partial charge in [-0.3, -0.25) is 9.69 Å². The van der Waals surface area contributed by atoms with Crippen LogP contribution in [0.2, 0.25) is 0 Å². The predicted molar refractivity (Wildman–Crippen MR) is 108 cm³/mol. The quantitative estimate of drug-likeness (QED) is 0.631. The number of carbonyl (C=O) groups excluding carboxylic acids is 1. The molecule has 8 heteroatoms. The Bertz CT molecular complexity index is 822. The van der Waals surface area contributed by atoms with E-state index in [0.717, 1.165) is 15.6 Å². The highest BCUT2D eigenvalue weighted by Crippen LogP contribution is 2.26. The third-order valence-electron chi connectivity index (χ3n) is 4.73. The number of alkyl halides is 3. The Kier molecular flexibility index (Phi) is 7.18. The number of ether oxygens (including phenoxy) is 1. The number of carbonyl (C=O) groups is 1. The molecular formula is C21H22BrF3N2O2. The van der Waals surface area contributed by atoms with Crippen molar-refractivity contribution in [2.75, 3.05) is 32.7 Å². The maximum atomic E-state index is 12.7. The zero-order chi connectivity index (χ0) is 20.9. The highest BCUT2D eigenvalue weighted by atomic mass is 79.9. The van der Waals surface area contributed by atoms with Crippen LogP contribution >= 0.6 is 15.9 Å². The molecule has 0 atom stereocenters. The zero-order valence-electron chi connectivity index (χ0n) is 15.8. The smallest absolute Gasteiger partial charge is 0.401 e. The molecule has 3 rings (SSSR count). The molecule has 0 aromatic heterocycles. The first-order valence-corrected chi connectivity index (χ1v) is 10.1. The number of nitrogens with zero attached hydrogens (tertiary/aromatic N) is 2. The summed E-state index contributed by atoms with van der Waals surface area (Å²) in [7, 11) is 0. The fraction of sp³-hybridized carbons (Fsp3) is 0.381. The molecule has 1 heterocycles. The van der Waals surface area contributed by atoms with Gasteiger partial charge in [-0.25, -0.2) is 0 Å². The van der Waals surface area contributed by atoms with Crippen LogP contribution in [0.1, 0.15) is 11.1 Å². The van der Waals surface area contributed by atoms with Crippen LogP contribution in [-0.2, 0) is 17.8 Å². The van der Waals surface area contributed by atoms with Crippen molar-refractivity contribution in [1.82, 2.24) is 9.80 Å². The fourth-order valence-electron chi connectivity index (χ4n) is 3.25. The number of piperazine rings is 1. The van der Waals surface area contributed by atoms with E-state index in [1.54, 1.807) is 4.90 Å². The van der Waals surface area contributed by atoms with Crippen LogP contribution in [0.15, 0.2) is 53.0 Å². The topological polar surface area (TPSA) is 32.8 Å². The molecule has 29 heavy (non-hydrogen) atoms. The van der Waals surface area contributed by atoms with Gasteiger partial charge in [0.15, 0.2) is 0 Å². The number of amides is 1. The van der Waals surface area contributed by atoms with Gasteiger partial charge >= 0.3 is 6.18 Å². The summed E-state index contributed by atoms with van der Waals surface area (Å²) in [6, 6.07) is 15.2. The summed E-state index contributed by atoms with van der Waals surface area (Å²) in [4.78, 5) is 15.7. The molecular weight excluding hydrogens is 449 g/mol. The predicted octanol–water partition coefficient (Wildman–Crippen LogP) is 4.28. The Balaban J connectivity index is 1.59. The van der Waals surface area contributed by atoms with E-state index >= 15 is 0 Å². The van der Waals surface area contributed by atoms with E-state index in [-0.39, 0.29) is 25.4 Å². The Morgan fingerprint density at radius 3 is 2.38 bits per heavy atom. The first-order valence-electron chi connectivity index (χ1n) is 9.32. The summed E-state index contributed by atoms with van der Waals surface area (Å²) in [5, 5.41) is 0. The van der Waals surface area contributed by atoms with E-state index < -0.39 is 12.7 Å². The minimum absolute atomic E-state index is 0.112. The van der Waals surface area contributed by atoms with Gasteiger partial charge in [0, 0.05) is 36.2 Å². The monoisotopic (exact) mass is 470 g/mol. The third-order valence-corrected chi connectivity index (χ3v) is 5.22. The molecule has 0 radical (unpaired) electrons. The molecule has 0 saturated carbocycles. The number of rotatable bonds is 6. The summed E-state index contributed by atoms with van der Waals surface area (Å²) in [6.45, 7) is 0.492. The van der Waals surface area contributed by atoms with Crippen molar-refractivity contribution in [3.63, 3.8) is 0 Å². The molecule has 1 saturated heterocycles. The van der Waals surface area contributed by atoms with Gasteiger partial charge in [0.25, 0.3) is 0 Å². The van der Waals surface area contributed by atoms with E-state index in [2.05, 4.69) is 15.9 Å². The van der Waals surface area contributed by atoms with Crippen molar-refractivity contribution in [3.05, 3.63) is 64.1 Å². The van der Waals surface area contributed by atoms with Crippen LogP contribution in [0, 0.1) is 0 Å². The summed E-state index contributed by atoms with van der Waals surface area (Å²) in [6.07, 6.45) is -4.07. The third kappa shape index (κ3) is 6.75. The van der Waals surface area contributed by atoms with Gasteiger partial charge < -0.3 is 9.64 Å². The zero-order valence-corrected chi connectivity index (χ0v) is 17.4. The van der Waals surface area contributed by atoms with Gasteiger partial charge in [-0.2, -0.15) is 13.2 Å². The minimum atomic E-state index is -4.21. The number of hydrogen-bond acceptors (Lipinski definition) is 3. The van der Waals surface area contributed by atoms with Crippen molar-refractivity contribution in [2.24, 2.45) is 0 Å². The second-order valence-corrected chi connectivity index (χ2v) is 7.89. The van der Waals surface area contributed by atoms with Crippen molar-refractivity contribution in [2.45, 2.75) is 19.2 Å². The lowest BCUT2D eigenvalue weighted by molar-refractivity contribution is -0.151. The maximum absolute atomic E-state index is 12.7. The SMILES string of the molecule is O=C(Cc1cc(Br)ccc1OCc1ccccc1)N1CCN(CC(F)(F)F)CC1. The van der Waals surface area contributed by atoms with E-state index in [9.17, 15) is 18.0 Å². The van der Waals surface area contributed by atoms with Gasteiger partial charge in [0.2, 0.25) is 5.91 Å². The molecule has 0 unspecified atom stereocenters. The van der Waals surface area contributed by atoms with Crippen LogP contribution in [0.4, 0.5) is 13.2 Å². The van der Waals surface area contributed by atoms with Gasteiger partial charge in [-0.1, -0.05) is 46.3 Å². The number of benzene rings is 2. The molecule has 2 aromatic carbocycles. The molecule has 0 spiro atoms. The number of halogens is 4. The van der Waals surface area contributed by atoms with Crippen LogP contribution in [0.25, 0.3) is 0 Å². The Morgan fingerprint density at radius 2 is 1.72 bits per heavy atom. The molecule has 2 aromatic rings. The van der Waals surface area contributed by atoms with Gasteiger partial charge in [0.1, 0.15) is 12.4 Å². The van der Waals surface area contributed by atoms with Crippen molar-refractivity contribution in [1.29, 1.82) is 0 Å². The standard InChI is InChI=1S/C21H22BrF3N2O2/c22-18-6-7-19(29-14-16-4-2-1-3-5-16)17(12-18)13-20(28)27-10-8-26(9-11-27)15-21(23,24)25/h1-7,12H,8-11,13-15H2. The molecule has 4 nitrogen and oxygen atoms in total. The highest BCUT2D eigenvalue weighted by molar-refractivity contribution is 9.10. The molecule has 156 valence electrons. The van der Waals surface area contributed by atoms with Crippen LogP contribution in [-0.4, -0.2) is 54.6 Å². The van der Waals surface area contributed by atoms with Gasteiger partial charge in [0.05, 0.1) is 13.0 Å². The lowest BCUT2D eigenvalue weighted by Crippen LogP contribution is -2.51. The number of hydrogen-bond donors (Lipinski definition) is 0. The van der Waals surface area contributed by atoms with E-state index in [0.29, 0.717) is 25.4 Å². The summed E-state index contributed by atoms with van der Waals surface area (Å²) in [5.41, 5.74) is 1.77. The molecule has 1 amide bonds. The normalized spacial score (nSPS) is 15.4. The minimum Gasteiger partial charge on any atom is -0.489 e.